The number of hydrazone groups is 1. The number of hydrogen-bond donors (Lipinski definition) is 6. The molecular formula is C55H74N4O12. The number of methoxy groups -OCH3 is 1. The number of phenols is 3. The third-order valence-corrected chi connectivity index (χ3v) is 14.5. The molecule has 0 saturated carbocycles. The van der Waals surface area contributed by atoms with E-state index >= 15 is 0 Å². The molecule has 4 aliphatic heterocycles. The number of anilines is 1. The lowest BCUT2D eigenvalue weighted by Crippen LogP contribution is -2.54. The van der Waals surface area contributed by atoms with E-state index in [-0.39, 0.29) is 62.0 Å². The number of nitrogens with zero attached hydrogens (tertiary/aromatic N) is 3. The van der Waals surface area contributed by atoms with Crippen molar-refractivity contribution in [1.29, 1.82) is 0 Å². The fraction of sp³-hybridized carbons (Fsp3) is 0.527. The summed E-state index contributed by atoms with van der Waals surface area (Å²) >= 11 is 0. The van der Waals surface area contributed by atoms with E-state index in [1.54, 1.807) is 39.8 Å². The lowest BCUT2D eigenvalue weighted by atomic mass is 9.78. The van der Waals surface area contributed by atoms with Crippen LogP contribution in [0.2, 0.25) is 0 Å². The van der Waals surface area contributed by atoms with Gasteiger partial charge in [0.05, 0.1) is 65.1 Å². The molecule has 0 unspecified atom stereocenters. The zero-order valence-corrected chi connectivity index (χ0v) is 43.6. The maximum absolute atomic E-state index is 14.7. The summed E-state index contributed by atoms with van der Waals surface area (Å²) in [4.78, 5) is 43.6. The topological polar surface area (TPSA) is 220 Å². The fourth-order valence-corrected chi connectivity index (χ4v) is 10.1. The number of rotatable bonds is 6. The number of piperazine rings is 1. The molecule has 3 aromatic rings. The van der Waals surface area contributed by atoms with Gasteiger partial charge in [0.1, 0.15) is 23.4 Å². The Kier molecular flexibility index (Phi) is 16.4. The Hall–Kier alpha value is -5.94. The summed E-state index contributed by atoms with van der Waals surface area (Å²) in [7, 11) is 1.44. The van der Waals surface area contributed by atoms with E-state index in [1.165, 1.54) is 70.6 Å². The highest BCUT2D eigenvalue weighted by Gasteiger charge is 2.50. The highest BCUT2D eigenvalue weighted by Crippen LogP contribution is 2.55. The van der Waals surface area contributed by atoms with Crippen molar-refractivity contribution < 1.29 is 58.9 Å². The van der Waals surface area contributed by atoms with Gasteiger partial charge in [0.2, 0.25) is 0 Å². The molecular weight excluding hydrogens is 909 g/mol. The van der Waals surface area contributed by atoms with Gasteiger partial charge in [-0.3, -0.25) is 24.3 Å². The van der Waals surface area contributed by atoms with E-state index in [2.05, 4.69) is 55.3 Å². The summed E-state index contributed by atoms with van der Waals surface area (Å²) in [6.07, 6.45) is 4.90. The van der Waals surface area contributed by atoms with Gasteiger partial charge in [-0.05, 0) is 50.3 Å². The second kappa shape index (κ2) is 21.4. The summed E-state index contributed by atoms with van der Waals surface area (Å²) in [5, 5.41) is 68.4. The molecule has 0 spiro atoms. The summed E-state index contributed by atoms with van der Waals surface area (Å²) in [6.45, 7) is 25.3. The number of Topliss-reactive ketones (excluding diaryl/α,β-unsaturated/α-hetero) is 1. The monoisotopic (exact) mass is 983 g/mol. The van der Waals surface area contributed by atoms with Crippen molar-refractivity contribution in [3.05, 3.63) is 88.2 Å². The van der Waals surface area contributed by atoms with Gasteiger partial charge in [0.25, 0.3) is 11.7 Å². The van der Waals surface area contributed by atoms with Gasteiger partial charge in [-0.25, -0.2) is 0 Å². The van der Waals surface area contributed by atoms with E-state index in [9.17, 15) is 39.9 Å². The summed E-state index contributed by atoms with van der Waals surface area (Å²) in [5.74, 6) is -8.48. The normalized spacial score (nSPS) is 29.4. The van der Waals surface area contributed by atoms with Gasteiger partial charge in [0.15, 0.2) is 5.75 Å². The second-order valence-electron chi connectivity index (χ2n) is 21.1. The quantitative estimate of drug-likeness (QED) is 0.0597. The number of carbonyl (C=O) groups is 3. The minimum absolute atomic E-state index is 0.0408. The number of amides is 1. The lowest BCUT2D eigenvalue weighted by Gasteiger charge is -2.43. The van der Waals surface area contributed by atoms with Crippen LogP contribution in [-0.2, 0) is 35.8 Å². The van der Waals surface area contributed by atoms with Crippen molar-refractivity contribution in [2.45, 2.75) is 144 Å². The average Bonchev–Trinajstić information content (AvgIpc) is 3.57. The van der Waals surface area contributed by atoms with Gasteiger partial charge < -0.3 is 49.8 Å². The van der Waals surface area contributed by atoms with E-state index in [0.717, 1.165) is 6.54 Å². The van der Waals surface area contributed by atoms with Gasteiger partial charge in [-0.2, -0.15) is 5.10 Å². The van der Waals surface area contributed by atoms with Crippen molar-refractivity contribution in [2.24, 2.45) is 28.8 Å². The zero-order valence-electron chi connectivity index (χ0n) is 43.6. The number of esters is 1. The van der Waals surface area contributed by atoms with Crippen LogP contribution in [0.15, 0.2) is 65.5 Å². The minimum Gasteiger partial charge on any atom is -0.507 e. The van der Waals surface area contributed by atoms with Gasteiger partial charge in [-0.1, -0.05) is 91.0 Å². The number of benzene rings is 3. The number of ether oxygens (including phenoxy) is 4. The first-order valence-corrected chi connectivity index (χ1v) is 24.4. The Balaban J connectivity index is 1.45. The molecule has 1 amide bonds. The van der Waals surface area contributed by atoms with Gasteiger partial charge in [0, 0.05) is 80.8 Å². The van der Waals surface area contributed by atoms with E-state index in [4.69, 9.17) is 24.0 Å². The van der Waals surface area contributed by atoms with Crippen molar-refractivity contribution in [3.63, 3.8) is 0 Å². The molecule has 1 fully saturated rings. The molecule has 11 atom stereocenters. The number of carbonyl (C=O) groups excluding carboxylic acids is 3. The number of aliphatic hydroxyl groups excluding tert-OH is 2. The molecule has 4 heterocycles. The molecule has 7 rings (SSSR count). The molecule has 16 heteroatoms. The van der Waals surface area contributed by atoms with Gasteiger partial charge in [-0.15, -0.1) is 0 Å². The minimum atomic E-state index is -2.07. The largest absolute Gasteiger partial charge is 0.507 e. The highest BCUT2D eigenvalue weighted by molar-refractivity contribution is 6.23. The molecule has 16 nitrogen and oxygen atoms in total. The second-order valence-corrected chi connectivity index (χ2v) is 21.1. The number of aliphatic hydroxyl groups is 2. The Labute approximate surface area is 417 Å². The molecule has 386 valence electrons. The predicted octanol–water partition coefficient (Wildman–Crippen LogP) is 7.98. The van der Waals surface area contributed by atoms with Crippen LogP contribution < -0.4 is 10.1 Å². The Morgan fingerprint density at radius 3 is 2.13 bits per heavy atom. The summed E-state index contributed by atoms with van der Waals surface area (Å²) in [6, 6.07) is 8.43. The third kappa shape index (κ3) is 11.1. The first-order chi connectivity index (χ1) is 33.2. The predicted molar refractivity (Wildman–Crippen MR) is 273 cm³/mol. The van der Waals surface area contributed by atoms with E-state index in [1.807, 2.05) is 18.9 Å². The standard InChI is InChI=1S/C55H74N4O12/c1-28-16-15-17-29(2)53(67)57-44-39(24-56-59-30(3)25-58(26-31(59)4)27-37-18-20-38(21-19-37)54(10,11)12)48(64)41-42(49(44)65)47(63)35(8)51-43(41)52(66)55(13,71-51)69-23-22-40(68-14)32(5)50(70-36(9)60)34(7)46(62)33(6)45(28)61/h15-24,28,30-34,40,45-46,50,61-65H,25-27H2,1-14H3,(H,57,67)/t28-,30-,31+,32+,33-,34-,40+,45-,46-,50+,55-/m0/s1. The number of fused-ring (bicyclic) bond motifs is 14. The Bertz CT molecular complexity index is 2610. The first-order valence-electron chi connectivity index (χ1n) is 24.4. The molecule has 3 aromatic carbocycles. The molecule has 0 radical (unpaired) electrons. The summed E-state index contributed by atoms with van der Waals surface area (Å²) in [5.41, 5.74) is 2.09. The van der Waals surface area contributed by atoms with Crippen molar-refractivity contribution >= 4 is 40.3 Å². The molecule has 4 aliphatic rings. The molecule has 0 aliphatic carbocycles. The average molecular weight is 983 g/mol. The smallest absolute Gasteiger partial charge is 0.312 e. The maximum atomic E-state index is 14.7. The molecule has 5 bridgehead atoms. The first kappa shape index (κ1) is 54.4. The van der Waals surface area contributed by atoms with E-state index in [0.29, 0.717) is 13.1 Å². The van der Waals surface area contributed by atoms with Gasteiger partial charge >= 0.3 is 11.8 Å². The summed E-state index contributed by atoms with van der Waals surface area (Å²) < 4.78 is 23.9. The van der Waals surface area contributed by atoms with Crippen LogP contribution in [0.1, 0.15) is 116 Å². The van der Waals surface area contributed by atoms with Crippen LogP contribution in [0, 0.1) is 30.6 Å². The number of hydrogen-bond acceptors (Lipinski definition) is 15. The SMILES string of the molecule is CO[C@@H]1C=CO[C@@]2(C)Oc3c(C)c(O)c4c(O)c(c(C=NN5[C@H](C)CN(Cc6ccc(C(C)(C)C)cc6)C[C@@H]5C)c(O)c4c3C2=O)NC(=O)C(C)=CC=C[C@H](C)[C@H](O)[C@H](C)[C@H](O)[C@H](C)[C@H](OC(C)=O)[C@@H]1C. The van der Waals surface area contributed by atoms with Crippen LogP contribution >= 0.6 is 0 Å². The van der Waals surface area contributed by atoms with Crippen LogP contribution in [-0.4, -0.2) is 122 Å². The highest BCUT2D eigenvalue weighted by atomic mass is 16.7. The number of aromatic hydroxyl groups is 3. The Morgan fingerprint density at radius 2 is 1.54 bits per heavy atom. The zero-order chi connectivity index (χ0) is 52.6. The number of allylic oxidation sites excluding steroid dienone is 2. The molecule has 1 saturated heterocycles. The number of ketones is 1. The lowest BCUT2D eigenvalue weighted by molar-refractivity contribution is -0.160. The number of nitrogens with one attached hydrogen (secondary N) is 1. The van der Waals surface area contributed by atoms with Crippen LogP contribution in [0.25, 0.3) is 10.8 Å². The van der Waals surface area contributed by atoms with Crippen LogP contribution in [0.4, 0.5) is 5.69 Å². The van der Waals surface area contributed by atoms with Crippen LogP contribution in [0.5, 0.6) is 23.0 Å². The molecule has 71 heavy (non-hydrogen) atoms. The fourth-order valence-electron chi connectivity index (χ4n) is 10.1. The van der Waals surface area contributed by atoms with Crippen molar-refractivity contribution in [1.82, 2.24) is 9.91 Å². The number of phenolic OH excluding ortho intramolecular Hbond substituents is 3. The van der Waals surface area contributed by atoms with Crippen molar-refractivity contribution in [3.8, 4) is 23.0 Å². The Morgan fingerprint density at radius 1 is 0.901 bits per heavy atom. The van der Waals surface area contributed by atoms with E-state index < -0.39 is 88.8 Å². The van der Waals surface area contributed by atoms with Crippen LogP contribution in [0.3, 0.4) is 0 Å². The molecule has 6 N–H and O–H groups in total. The van der Waals surface area contributed by atoms with Crippen molar-refractivity contribution in [2.75, 3.05) is 25.5 Å². The molecule has 0 aromatic heterocycles. The third-order valence-electron chi connectivity index (χ3n) is 14.5. The maximum Gasteiger partial charge on any atom is 0.312 e.